The predicted octanol–water partition coefficient (Wildman–Crippen LogP) is 2.69. The van der Waals surface area contributed by atoms with Crippen molar-refractivity contribution in [2.24, 2.45) is 0 Å². The lowest BCUT2D eigenvalue weighted by Crippen LogP contribution is -2.14. The molecule has 0 amide bonds. The molecule has 0 aliphatic heterocycles. The van der Waals surface area contributed by atoms with Crippen LogP contribution in [0, 0.1) is 0 Å². The Labute approximate surface area is 106 Å². The average Bonchev–Trinajstić information content (AvgIpc) is 2.74. The molecule has 1 N–H and O–H groups in total. The molecule has 0 bridgehead atoms. The van der Waals surface area contributed by atoms with E-state index in [9.17, 15) is 0 Å². The Balaban J connectivity index is 2.14. The summed E-state index contributed by atoms with van der Waals surface area (Å²) in [7, 11) is 0. The van der Waals surface area contributed by atoms with E-state index in [2.05, 4.69) is 41.6 Å². The third-order valence-electron chi connectivity index (χ3n) is 2.62. The molecular weight excluding hydrogens is 234 g/mol. The Kier molecular flexibility index (Phi) is 4.18. The summed E-state index contributed by atoms with van der Waals surface area (Å²) in [6.45, 7) is 4.73. The van der Waals surface area contributed by atoms with E-state index in [4.69, 9.17) is 11.6 Å². The minimum atomic E-state index is 0.675. The molecule has 0 fully saturated rings. The van der Waals surface area contributed by atoms with E-state index in [1.165, 1.54) is 11.1 Å². The molecule has 3 nitrogen and oxygen atoms in total. The van der Waals surface area contributed by atoms with Crippen molar-refractivity contribution >= 4 is 11.6 Å². The van der Waals surface area contributed by atoms with E-state index in [1.807, 2.05) is 10.9 Å². The molecule has 0 radical (unpaired) electrons. The minimum absolute atomic E-state index is 0.675. The van der Waals surface area contributed by atoms with Gasteiger partial charge in [0, 0.05) is 12.7 Å². The fraction of sp³-hybridized carbons (Fsp3) is 0.308. The maximum atomic E-state index is 5.85. The summed E-state index contributed by atoms with van der Waals surface area (Å²) in [6.07, 6.45) is 3.50. The molecule has 2 aromatic rings. The molecule has 0 spiro atoms. The lowest BCUT2D eigenvalue weighted by Gasteiger charge is -2.09. The molecule has 0 saturated heterocycles. The Morgan fingerprint density at radius 3 is 2.71 bits per heavy atom. The fourth-order valence-electron chi connectivity index (χ4n) is 1.74. The number of hydrogen-bond acceptors (Lipinski definition) is 2. The third kappa shape index (κ3) is 3.32. The lowest BCUT2D eigenvalue weighted by molar-refractivity contribution is 0.666. The minimum Gasteiger partial charge on any atom is -0.313 e. The highest BCUT2D eigenvalue weighted by Gasteiger charge is 2.03. The Morgan fingerprint density at radius 2 is 2.06 bits per heavy atom. The number of hydrogen-bond donors (Lipinski definition) is 1. The monoisotopic (exact) mass is 249 g/mol. The van der Waals surface area contributed by atoms with Gasteiger partial charge in [-0.3, -0.25) is 4.68 Å². The van der Waals surface area contributed by atoms with E-state index in [0.29, 0.717) is 5.02 Å². The van der Waals surface area contributed by atoms with E-state index in [-0.39, 0.29) is 0 Å². The summed E-state index contributed by atoms with van der Waals surface area (Å²) < 4.78 is 1.85. The molecule has 0 atom stereocenters. The van der Waals surface area contributed by atoms with Gasteiger partial charge in [-0.1, -0.05) is 42.8 Å². The second-order valence-electron chi connectivity index (χ2n) is 3.91. The molecule has 0 aliphatic carbocycles. The first kappa shape index (κ1) is 12.1. The highest BCUT2D eigenvalue weighted by Crippen LogP contribution is 2.12. The molecular formula is C13H16ClN3. The van der Waals surface area contributed by atoms with Gasteiger partial charge in [0.2, 0.25) is 0 Å². The molecule has 2 rings (SSSR count). The summed E-state index contributed by atoms with van der Waals surface area (Å²) in [4.78, 5) is 0. The summed E-state index contributed by atoms with van der Waals surface area (Å²) in [6, 6.07) is 8.38. The normalized spacial score (nSPS) is 10.7. The fourth-order valence-corrected chi connectivity index (χ4v) is 1.90. The molecule has 0 unspecified atom stereocenters. The predicted molar refractivity (Wildman–Crippen MR) is 70.2 cm³/mol. The SMILES string of the molecule is CCNCc1ccccc1Cn1cc(Cl)cn1. The van der Waals surface area contributed by atoms with Crippen LogP contribution in [0.3, 0.4) is 0 Å². The van der Waals surface area contributed by atoms with Crippen LogP contribution in [0.25, 0.3) is 0 Å². The molecule has 0 saturated carbocycles. The molecule has 90 valence electrons. The summed E-state index contributed by atoms with van der Waals surface area (Å²) in [5.41, 5.74) is 2.58. The number of halogens is 1. The van der Waals surface area contributed by atoms with Gasteiger partial charge in [0.25, 0.3) is 0 Å². The number of benzene rings is 1. The quantitative estimate of drug-likeness (QED) is 0.883. The van der Waals surface area contributed by atoms with Crippen molar-refractivity contribution in [2.75, 3.05) is 6.54 Å². The van der Waals surface area contributed by atoms with Gasteiger partial charge in [-0.2, -0.15) is 5.10 Å². The molecule has 1 heterocycles. The summed E-state index contributed by atoms with van der Waals surface area (Å²) in [5.74, 6) is 0. The van der Waals surface area contributed by atoms with Crippen molar-refractivity contribution in [3.05, 3.63) is 52.8 Å². The smallest absolute Gasteiger partial charge is 0.0785 e. The zero-order valence-corrected chi connectivity index (χ0v) is 10.6. The number of aromatic nitrogens is 2. The van der Waals surface area contributed by atoms with Crippen LogP contribution in [0.15, 0.2) is 36.7 Å². The molecule has 17 heavy (non-hydrogen) atoms. The zero-order chi connectivity index (χ0) is 12.1. The Bertz CT molecular complexity index is 479. The van der Waals surface area contributed by atoms with Gasteiger partial charge in [-0.25, -0.2) is 0 Å². The van der Waals surface area contributed by atoms with Gasteiger partial charge in [-0.15, -0.1) is 0 Å². The Morgan fingerprint density at radius 1 is 1.29 bits per heavy atom. The van der Waals surface area contributed by atoms with Gasteiger partial charge in [0.15, 0.2) is 0 Å². The van der Waals surface area contributed by atoms with Crippen LogP contribution in [0.2, 0.25) is 5.02 Å². The molecule has 1 aromatic carbocycles. The first-order valence-corrected chi connectivity index (χ1v) is 6.13. The highest BCUT2D eigenvalue weighted by atomic mass is 35.5. The van der Waals surface area contributed by atoms with Gasteiger partial charge < -0.3 is 5.32 Å². The number of nitrogens with zero attached hydrogens (tertiary/aromatic N) is 2. The van der Waals surface area contributed by atoms with Crippen molar-refractivity contribution in [3.8, 4) is 0 Å². The maximum Gasteiger partial charge on any atom is 0.0785 e. The first-order chi connectivity index (χ1) is 8.29. The topological polar surface area (TPSA) is 29.9 Å². The third-order valence-corrected chi connectivity index (χ3v) is 2.81. The van der Waals surface area contributed by atoms with Crippen LogP contribution >= 0.6 is 11.6 Å². The second-order valence-corrected chi connectivity index (χ2v) is 4.34. The van der Waals surface area contributed by atoms with Crippen molar-refractivity contribution in [1.82, 2.24) is 15.1 Å². The van der Waals surface area contributed by atoms with Crippen molar-refractivity contribution in [2.45, 2.75) is 20.0 Å². The van der Waals surface area contributed by atoms with Gasteiger partial charge >= 0.3 is 0 Å². The van der Waals surface area contributed by atoms with Crippen LogP contribution in [0.4, 0.5) is 0 Å². The summed E-state index contributed by atoms with van der Waals surface area (Å²) in [5, 5.41) is 8.21. The van der Waals surface area contributed by atoms with E-state index in [0.717, 1.165) is 19.6 Å². The highest BCUT2D eigenvalue weighted by molar-refractivity contribution is 6.30. The van der Waals surface area contributed by atoms with Crippen LogP contribution < -0.4 is 5.32 Å². The largest absolute Gasteiger partial charge is 0.313 e. The number of rotatable bonds is 5. The maximum absolute atomic E-state index is 5.85. The van der Waals surface area contributed by atoms with Crippen LogP contribution in [0.1, 0.15) is 18.1 Å². The second kappa shape index (κ2) is 5.84. The van der Waals surface area contributed by atoms with Crippen LogP contribution in [-0.2, 0) is 13.1 Å². The van der Waals surface area contributed by atoms with Gasteiger partial charge in [-0.05, 0) is 17.7 Å². The number of nitrogens with one attached hydrogen (secondary N) is 1. The standard InChI is InChI=1S/C13H16ClN3/c1-2-15-7-11-5-3-4-6-12(11)9-17-10-13(14)8-16-17/h3-6,8,10,15H,2,7,9H2,1H3. The zero-order valence-electron chi connectivity index (χ0n) is 9.86. The van der Waals surface area contributed by atoms with Gasteiger partial charge in [0.1, 0.15) is 0 Å². The van der Waals surface area contributed by atoms with Crippen molar-refractivity contribution in [3.63, 3.8) is 0 Å². The molecule has 0 aliphatic rings. The Hall–Kier alpha value is -1.32. The van der Waals surface area contributed by atoms with Crippen molar-refractivity contribution in [1.29, 1.82) is 0 Å². The van der Waals surface area contributed by atoms with Crippen LogP contribution in [0.5, 0.6) is 0 Å². The van der Waals surface area contributed by atoms with E-state index < -0.39 is 0 Å². The first-order valence-electron chi connectivity index (χ1n) is 5.75. The van der Waals surface area contributed by atoms with Crippen LogP contribution in [-0.4, -0.2) is 16.3 Å². The van der Waals surface area contributed by atoms with Gasteiger partial charge in [0.05, 0.1) is 17.8 Å². The van der Waals surface area contributed by atoms with Crippen molar-refractivity contribution < 1.29 is 0 Å². The van der Waals surface area contributed by atoms with E-state index in [1.54, 1.807) is 6.20 Å². The molecule has 4 heteroatoms. The van der Waals surface area contributed by atoms with E-state index >= 15 is 0 Å². The molecule has 1 aromatic heterocycles. The lowest BCUT2D eigenvalue weighted by atomic mass is 10.1. The summed E-state index contributed by atoms with van der Waals surface area (Å²) >= 11 is 5.85. The average molecular weight is 250 g/mol.